The Balaban J connectivity index is 2.18. The van der Waals surface area contributed by atoms with Crippen LogP contribution >= 0.6 is 0 Å². The third-order valence-corrected chi connectivity index (χ3v) is 2.81. The molecule has 2 aliphatic heterocycles. The molecule has 1 fully saturated rings. The van der Waals surface area contributed by atoms with Crippen molar-refractivity contribution in [2.24, 2.45) is 0 Å². The molecule has 1 saturated heterocycles. The third kappa shape index (κ3) is 1.88. The zero-order valence-electron chi connectivity index (χ0n) is 9.05. The van der Waals surface area contributed by atoms with E-state index in [-0.39, 0.29) is 18.5 Å². The molecular formula is C10H14N2O4. The Labute approximate surface area is 93.1 Å². The molecule has 1 N–H and O–H groups in total. The molecule has 2 heterocycles. The fourth-order valence-electron chi connectivity index (χ4n) is 2.09. The van der Waals surface area contributed by atoms with E-state index in [0.717, 1.165) is 11.3 Å². The van der Waals surface area contributed by atoms with Gasteiger partial charge in [-0.15, -0.1) is 0 Å². The molecule has 6 nitrogen and oxygen atoms in total. The second-order valence-corrected chi connectivity index (χ2v) is 3.96. The predicted octanol–water partition coefficient (Wildman–Crippen LogP) is 0.459. The summed E-state index contributed by atoms with van der Waals surface area (Å²) in [6.45, 7) is 2.82. The van der Waals surface area contributed by atoms with Gasteiger partial charge in [0.25, 0.3) is 0 Å². The van der Waals surface area contributed by atoms with Crippen LogP contribution < -0.4 is 0 Å². The van der Waals surface area contributed by atoms with E-state index in [9.17, 15) is 9.59 Å². The lowest BCUT2D eigenvalue weighted by atomic mass is 10.1. The standard InChI is InChI=1S/C10H14N2O4/c1-7-4-11(10(14)15)5-9(13)12(7)8-2-3-16-6-8/h4,8H,2-3,5-6H2,1H3,(H,14,15). The fourth-order valence-corrected chi connectivity index (χ4v) is 2.09. The number of carbonyl (C=O) groups excluding carboxylic acids is 1. The summed E-state index contributed by atoms with van der Waals surface area (Å²) in [6, 6.07) is 0.0553. The van der Waals surface area contributed by atoms with Gasteiger partial charge in [0.15, 0.2) is 0 Å². The van der Waals surface area contributed by atoms with Crippen molar-refractivity contribution in [1.82, 2.24) is 9.80 Å². The highest BCUT2D eigenvalue weighted by Gasteiger charge is 2.33. The number of hydrogen-bond donors (Lipinski definition) is 1. The maximum Gasteiger partial charge on any atom is 0.411 e. The van der Waals surface area contributed by atoms with Crippen molar-refractivity contribution in [1.29, 1.82) is 0 Å². The molecule has 0 aliphatic carbocycles. The van der Waals surface area contributed by atoms with Crippen LogP contribution in [0.15, 0.2) is 11.9 Å². The largest absolute Gasteiger partial charge is 0.465 e. The number of nitrogens with zero attached hydrogens (tertiary/aromatic N) is 2. The molecule has 0 radical (unpaired) electrons. The highest BCUT2D eigenvalue weighted by atomic mass is 16.5. The third-order valence-electron chi connectivity index (χ3n) is 2.81. The summed E-state index contributed by atoms with van der Waals surface area (Å²) in [5.74, 6) is -0.182. The quantitative estimate of drug-likeness (QED) is 0.705. The molecule has 6 heteroatoms. The van der Waals surface area contributed by atoms with E-state index >= 15 is 0 Å². The fraction of sp³-hybridized carbons (Fsp3) is 0.600. The van der Waals surface area contributed by atoms with Crippen molar-refractivity contribution >= 4 is 12.0 Å². The minimum atomic E-state index is -1.10. The van der Waals surface area contributed by atoms with Crippen LogP contribution in [0.25, 0.3) is 0 Å². The second-order valence-electron chi connectivity index (χ2n) is 3.96. The SMILES string of the molecule is CC1=CN(C(=O)O)CC(=O)N1C1CCOC1. The topological polar surface area (TPSA) is 70.1 Å². The van der Waals surface area contributed by atoms with Crippen LogP contribution in [0.1, 0.15) is 13.3 Å². The Bertz CT molecular complexity index is 347. The van der Waals surface area contributed by atoms with Crippen LogP contribution in [0.4, 0.5) is 4.79 Å². The summed E-state index contributed by atoms with van der Waals surface area (Å²) in [7, 11) is 0. The zero-order chi connectivity index (χ0) is 11.7. The lowest BCUT2D eigenvalue weighted by Crippen LogP contribution is -2.48. The number of allylic oxidation sites excluding steroid dienone is 1. The molecule has 0 saturated carbocycles. The molecule has 0 aromatic heterocycles. The Morgan fingerprint density at radius 2 is 2.38 bits per heavy atom. The van der Waals surface area contributed by atoms with Gasteiger partial charge in [-0.25, -0.2) is 4.79 Å². The van der Waals surface area contributed by atoms with Crippen molar-refractivity contribution in [3.05, 3.63) is 11.9 Å². The van der Waals surface area contributed by atoms with E-state index in [2.05, 4.69) is 0 Å². The Kier molecular flexibility index (Phi) is 2.82. The van der Waals surface area contributed by atoms with E-state index in [1.54, 1.807) is 11.8 Å². The summed E-state index contributed by atoms with van der Waals surface area (Å²) in [6.07, 6.45) is 1.20. The van der Waals surface area contributed by atoms with Crippen LogP contribution in [0.2, 0.25) is 0 Å². The van der Waals surface area contributed by atoms with Gasteiger partial charge in [0.2, 0.25) is 5.91 Å². The molecule has 1 atom stereocenters. The Morgan fingerprint density at radius 3 is 2.88 bits per heavy atom. The number of ether oxygens (including phenoxy) is 1. The first-order valence-electron chi connectivity index (χ1n) is 5.17. The lowest BCUT2D eigenvalue weighted by molar-refractivity contribution is -0.132. The predicted molar refractivity (Wildman–Crippen MR) is 54.6 cm³/mol. The summed E-state index contributed by atoms with van der Waals surface area (Å²) in [5, 5.41) is 8.81. The van der Waals surface area contributed by atoms with Gasteiger partial charge in [-0.3, -0.25) is 9.69 Å². The van der Waals surface area contributed by atoms with Crippen LogP contribution in [0.3, 0.4) is 0 Å². The van der Waals surface area contributed by atoms with Gasteiger partial charge in [-0.05, 0) is 13.3 Å². The number of carbonyl (C=O) groups is 2. The van der Waals surface area contributed by atoms with Gasteiger partial charge < -0.3 is 14.7 Å². The monoisotopic (exact) mass is 226 g/mol. The van der Waals surface area contributed by atoms with Gasteiger partial charge in [0, 0.05) is 18.5 Å². The van der Waals surface area contributed by atoms with E-state index in [0.29, 0.717) is 18.9 Å². The molecule has 1 unspecified atom stereocenters. The maximum atomic E-state index is 11.8. The smallest absolute Gasteiger partial charge is 0.411 e. The van der Waals surface area contributed by atoms with E-state index < -0.39 is 6.09 Å². The first-order valence-corrected chi connectivity index (χ1v) is 5.17. The minimum Gasteiger partial charge on any atom is -0.465 e. The highest BCUT2D eigenvalue weighted by Crippen LogP contribution is 2.21. The average molecular weight is 226 g/mol. The van der Waals surface area contributed by atoms with Gasteiger partial charge in [-0.1, -0.05) is 0 Å². The molecular weight excluding hydrogens is 212 g/mol. The highest BCUT2D eigenvalue weighted by molar-refractivity contribution is 5.85. The summed E-state index contributed by atoms with van der Waals surface area (Å²) in [4.78, 5) is 25.2. The van der Waals surface area contributed by atoms with Crippen molar-refractivity contribution in [2.75, 3.05) is 19.8 Å². The average Bonchev–Trinajstić information content (AvgIpc) is 2.69. The summed E-state index contributed by atoms with van der Waals surface area (Å²) >= 11 is 0. The Morgan fingerprint density at radius 1 is 1.62 bits per heavy atom. The van der Waals surface area contributed by atoms with Gasteiger partial charge in [-0.2, -0.15) is 0 Å². The van der Waals surface area contributed by atoms with Crippen molar-refractivity contribution in [3.8, 4) is 0 Å². The first-order chi connectivity index (χ1) is 7.59. The first kappa shape index (κ1) is 10.9. The van der Waals surface area contributed by atoms with Crippen molar-refractivity contribution in [2.45, 2.75) is 19.4 Å². The van der Waals surface area contributed by atoms with Crippen LogP contribution in [-0.2, 0) is 9.53 Å². The van der Waals surface area contributed by atoms with E-state index in [1.165, 1.54) is 6.20 Å². The summed E-state index contributed by atoms with van der Waals surface area (Å²) in [5.41, 5.74) is 0.661. The molecule has 2 rings (SSSR count). The lowest BCUT2D eigenvalue weighted by Gasteiger charge is -2.34. The summed E-state index contributed by atoms with van der Waals surface area (Å²) < 4.78 is 5.23. The van der Waals surface area contributed by atoms with Crippen molar-refractivity contribution in [3.63, 3.8) is 0 Å². The van der Waals surface area contributed by atoms with E-state index in [1.807, 2.05) is 0 Å². The molecule has 2 amide bonds. The molecule has 0 aromatic rings. The van der Waals surface area contributed by atoms with Crippen LogP contribution in [0, 0.1) is 0 Å². The van der Waals surface area contributed by atoms with E-state index in [4.69, 9.17) is 9.84 Å². The van der Waals surface area contributed by atoms with Gasteiger partial charge >= 0.3 is 6.09 Å². The molecule has 0 bridgehead atoms. The number of rotatable bonds is 1. The molecule has 2 aliphatic rings. The number of hydrogen-bond acceptors (Lipinski definition) is 3. The molecule has 0 spiro atoms. The van der Waals surface area contributed by atoms with Gasteiger partial charge in [0.05, 0.1) is 12.6 Å². The number of carboxylic acid groups (broad SMARTS) is 1. The maximum absolute atomic E-state index is 11.8. The van der Waals surface area contributed by atoms with Crippen molar-refractivity contribution < 1.29 is 19.4 Å². The molecule has 0 aromatic carbocycles. The number of amides is 2. The molecule has 88 valence electrons. The Hall–Kier alpha value is -1.56. The van der Waals surface area contributed by atoms with Gasteiger partial charge in [0.1, 0.15) is 6.54 Å². The second kappa shape index (κ2) is 4.13. The zero-order valence-corrected chi connectivity index (χ0v) is 9.05. The van der Waals surface area contributed by atoms with Crippen LogP contribution in [-0.4, -0.2) is 52.7 Å². The normalized spacial score (nSPS) is 25.9. The molecule has 16 heavy (non-hydrogen) atoms. The van der Waals surface area contributed by atoms with Crippen LogP contribution in [0.5, 0.6) is 0 Å². The minimum absolute atomic E-state index is 0.0553.